The zero-order chi connectivity index (χ0) is 15.4. The highest BCUT2D eigenvalue weighted by molar-refractivity contribution is 9.10. The normalized spacial score (nSPS) is 16.5. The summed E-state index contributed by atoms with van der Waals surface area (Å²) >= 11 is 3.16. The summed E-state index contributed by atoms with van der Waals surface area (Å²) in [6, 6.07) is 3.90. The van der Waals surface area contributed by atoms with Gasteiger partial charge in [0.25, 0.3) is 5.91 Å². The Kier molecular flexibility index (Phi) is 5.33. The van der Waals surface area contributed by atoms with Crippen LogP contribution in [0.5, 0.6) is 0 Å². The molecule has 2 rings (SSSR count). The number of hydrogen-bond donors (Lipinski definition) is 1. The first kappa shape index (κ1) is 15.9. The van der Waals surface area contributed by atoms with Crippen LogP contribution in [0, 0.1) is 5.82 Å². The molecule has 21 heavy (non-hydrogen) atoms. The minimum Gasteiger partial charge on any atom is -0.449 e. The fourth-order valence-electron chi connectivity index (χ4n) is 2.32. The quantitative estimate of drug-likeness (QED) is 0.841. The molecule has 114 valence electrons. The molecule has 4 nitrogen and oxygen atoms in total. The second-order valence-corrected chi connectivity index (χ2v) is 6.02. The van der Waals surface area contributed by atoms with Crippen molar-refractivity contribution in [2.45, 2.75) is 44.8 Å². The highest BCUT2D eigenvalue weighted by Crippen LogP contribution is 2.20. The fourth-order valence-corrected chi connectivity index (χ4v) is 2.73. The van der Waals surface area contributed by atoms with Crippen LogP contribution in [0.25, 0.3) is 0 Å². The van der Waals surface area contributed by atoms with Crippen LogP contribution in [0.1, 0.15) is 43.0 Å². The first-order valence-electron chi connectivity index (χ1n) is 6.94. The second kappa shape index (κ2) is 7.02. The second-order valence-electron chi connectivity index (χ2n) is 5.16. The van der Waals surface area contributed by atoms with Crippen molar-refractivity contribution in [1.82, 2.24) is 5.32 Å². The van der Waals surface area contributed by atoms with Gasteiger partial charge in [-0.1, -0.05) is 12.8 Å². The topological polar surface area (TPSA) is 55.4 Å². The van der Waals surface area contributed by atoms with Crippen molar-refractivity contribution in [3.8, 4) is 0 Å². The summed E-state index contributed by atoms with van der Waals surface area (Å²) in [4.78, 5) is 23.9. The standard InChI is InChI=1S/C15H17BrFNO3/c1-9(14(19)18-11-4-2-3-5-11)21-15(20)12-8-10(17)6-7-13(12)16/h6-9,11H,2-5H2,1H3,(H,18,19)/t9-/m1/s1. The number of halogens is 2. The SMILES string of the molecule is C[C@@H](OC(=O)c1cc(F)ccc1Br)C(=O)NC1CCCC1. The number of carbonyl (C=O) groups excluding carboxylic acids is 2. The molecule has 1 aliphatic rings. The number of hydrogen-bond acceptors (Lipinski definition) is 3. The van der Waals surface area contributed by atoms with E-state index in [1.54, 1.807) is 0 Å². The molecular weight excluding hydrogens is 341 g/mol. The lowest BCUT2D eigenvalue weighted by molar-refractivity contribution is -0.129. The lowest BCUT2D eigenvalue weighted by atomic mass is 10.2. The molecule has 1 aliphatic carbocycles. The number of ether oxygens (including phenoxy) is 1. The number of carbonyl (C=O) groups is 2. The van der Waals surface area contributed by atoms with E-state index in [2.05, 4.69) is 21.2 Å². The molecule has 0 unspecified atom stereocenters. The van der Waals surface area contributed by atoms with Crippen molar-refractivity contribution in [2.75, 3.05) is 0 Å². The summed E-state index contributed by atoms with van der Waals surface area (Å²) in [5.41, 5.74) is 0.0653. The van der Waals surface area contributed by atoms with E-state index in [1.165, 1.54) is 19.1 Å². The summed E-state index contributed by atoms with van der Waals surface area (Å²) in [5.74, 6) is -1.58. The largest absolute Gasteiger partial charge is 0.449 e. The fraction of sp³-hybridized carbons (Fsp3) is 0.467. The Balaban J connectivity index is 1.94. The Labute approximate surface area is 131 Å². The summed E-state index contributed by atoms with van der Waals surface area (Å²) in [6.45, 7) is 1.51. The molecule has 1 saturated carbocycles. The van der Waals surface area contributed by atoms with Crippen LogP contribution in [0.15, 0.2) is 22.7 Å². The van der Waals surface area contributed by atoms with Gasteiger partial charge in [0.15, 0.2) is 6.10 Å². The molecule has 0 radical (unpaired) electrons. The van der Waals surface area contributed by atoms with Gasteiger partial charge in [0.1, 0.15) is 5.82 Å². The van der Waals surface area contributed by atoms with Gasteiger partial charge in [-0.3, -0.25) is 4.79 Å². The first-order valence-corrected chi connectivity index (χ1v) is 7.73. The van der Waals surface area contributed by atoms with Crippen molar-refractivity contribution < 1.29 is 18.7 Å². The predicted molar refractivity (Wildman–Crippen MR) is 79.4 cm³/mol. The third-order valence-corrected chi connectivity index (χ3v) is 4.19. The number of benzene rings is 1. The van der Waals surface area contributed by atoms with E-state index in [1.807, 2.05) is 0 Å². The molecular formula is C15H17BrFNO3. The Hall–Kier alpha value is -1.43. The minimum atomic E-state index is -0.909. The van der Waals surface area contributed by atoms with E-state index >= 15 is 0 Å². The molecule has 0 heterocycles. The van der Waals surface area contributed by atoms with Gasteiger partial charge in [0, 0.05) is 10.5 Å². The van der Waals surface area contributed by atoms with E-state index in [-0.39, 0.29) is 17.5 Å². The van der Waals surface area contributed by atoms with E-state index in [9.17, 15) is 14.0 Å². The van der Waals surface area contributed by atoms with Crippen molar-refractivity contribution >= 4 is 27.8 Å². The molecule has 0 spiro atoms. The van der Waals surface area contributed by atoms with Crippen LogP contribution >= 0.6 is 15.9 Å². The molecule has 6 heteroatoms. The number of amides is 1. The van der Waals surface area contributed by atoms with E-state index in [4.69, 9.17) is 4.74 Å². The lowest BCUT2D eigenvalue weighted by Crippen LogP contribution is -2.40. The molecule has 0 aliphatic heterocycles. The van der Waals surface area contributed by atoms with Gasteiger partial charge in [0.2, 0.25) is 0 Å². The van der Waals surface area contributed by atoms with Crippen LogP contribution < -0.4 is 5.32 Å². The molecule has 1 aromatic carbocycles. The number of esters is 1. The molecule has 1 N–H and O–H groups in total. The van der Waals surface area contributed by atoms with Crippen molar-refractivity contribution in [1.29, 1.82) is 0 Å². The van der Waals surface area contributed by atoms with Gasteiger partial charge in [0.05, 0.1) is 5.56 Å². The first-order chi connectivity index (χ1) is 9.97. The van der Waals surface area contributed by atoms with E-state index in [0.29, 0.717) is 4.47 Å². The number of rotatable bonds is 4. The lowest BCUT2D eigenvalue weighted by Gasteiger charge is -2.17. The van der Waals surface area contributed by atoms with E-state index in [0.717, 1.165) is 31.7 Å². The molecule has 0 bridgehead atoms. The van der Waals surface area contributed by atoms with Gasteiger partial charge in [-0.05, 0) is 53.9 Å². The Morgan fingerprint density at radius 2 is 2.05 bits per heavy atom. The van der Waals surface area contributed by atoms with Gasteiger partial charge in [-0.15, -0.1) is 0 Å². The summed E-state index contributed by atoms with van der Waals surface area (Å²) in [7, 11) is 0. The summed E-state index contributed by atoms with van der Waals surface area (Å²) in [6.07, 6.45) is 3.22. The average molecular weight is 358 g/mol. The maximum Gasteiger partial charge on any atom is 0.340 e. The minimum absolute atomic E-state index is 0.0653. The zero-order valence-electron chi connectivity index (χ0n) is 11.7. The molecule has 1 fully saturated rings. The van der Waals surface area contributed by atoms with Crippen molar-refractivity contribution in [3.05, 3.63) is 34.1 Å². The molecule has 1 amide bonds. The van der Waals surface area contributed by atoms with Gasteiger partial charge in [-0.25, -0.2) is 9.18 Å². The van der Waals surface area contributed by atoms with E-state index < -0.39 is 17.9 Å². The zero-order valence-corrected chi connectivity index (χ0v) is 13.3. The van der Waals surface area contributed by atoms with Crippen LogP contribution in [0.2, 0.25) is 0 Å². The third kappa shape index (κ3) is 4.27. The third-order valence-electron chi connectivity index (χ3n) is 3.50. The van der Waals surface area contributed by atoms with Crippen molar-refractivity contribution in [3.63, 3.8) is 0 Å². The highest BCUT2D eigenvalue weighted by atomic mass is 79.9. The summed E-state index contributed by atoms with van der Waals surface area (Å²) in [5, 5.41) is 2.86. The van der Waals surface area contributed by atoms with Gasteiger partial charge in [-0.2, -0.15) is 0 Å². The van der Waals surface area contributed by atoms with Crippen LogP contribution in [-0.2, 0) is 9.53 Å². The maximum atomic E-state index is 13.2. The van der Waals surface area contributed by atoms with Gasteiger partial charge < -0.3 is 10.1 Å². The Bertz CT molecular complexity index is 544. The smallest absolute Gasteiger partial charge is 0.340 e. The predicted octanol–water partition coefficient (Wildman–Crippen LogP) is 3.19. The maximum absolute atomic E-state index is 13.2. The van der Waals surface area contributed by atoms with Crippen LogP contribution in [0.3, 0.4) is 0 Å². The molecule has 1 atom stereocenters. The Morgan fingerprint density at radius 3 is 2.71 bits per heavy atom. The van der Waals surface area contributed by atoms with Crippen LogP contribution in [-0.4, -0.2) is 24.0 Å². The number of nitrogens with one attached hydrogen (secondary N) is 1. The van der Waals surface area contributed by atoms with Gasteiger partial charge >= 0.3 is 5.97 Å². The molecule has 1 aromatic rings. The Morgan fingerprint density at radius 1 is 1.38 bits per heavy atom. The van der Waals surface area contributed by atoms with Crippen molar-refractivity contribution in [2.24, 2.45) is 0 Å². The monoisotopic (exact) mass is 357 g/mol. The summed E-state index contributed by atoms with van der Waals surface area (Å²) < 4.78 is 18.7. The molecule has 0 aromatic heterocycles. The highest BCUT2D eigenvalue weighted by Gasteiger charge is 2.24. The molecule has 0 saturated heterocycles. The van der Waals surface area contributed by atoms with Crippen LogP contribution in [0.4, 0.5) is 4.39 Å². The average Bonchev–Trinajstić information content (AvgIpc) is 2.94.